The van der Waals surface area contributed by atoms with Crippen molar-refractivity contribution in [3.63, 3.8) is 0 Å². The van der Waals surface area contributed by atoms with Crippen LogP contribution in [0.2, 0.25) is 0 Å². The monoisotopic (exact) mass is 239 g/mol. The molecule has 1 N–H and O–H groups in total. The zero-order chi connectivity index (χ0) is 12.8. The van der Waals surface area contributed by atoms with E-state index in [-0.39, 0.29) is 6.61 Å². The lowest BCUT2D eigenvalue weighted by Gasteiger charge is -2.14. The Morgan fingerprint density at radius 2 is 1.72 bits per heavy atom. The maximum Gasteiger partial charge on any atom is 0.0862 e. The number of aliphatic hydroxyl groups is 1. The quantitative estimate of drug-likeness (QED) is 0.493. The summed E-state index contributed by atoms with van der Waals surface area (Å²) in [6.07, 6.45) is 0. The Hall–Kier alpha value is -2.29. The molecule has 0 spiro atoms. The number of rotatable bonds is 4. The van der Waals surface area contributed by atoms with E-state index in [1.807, 2.05) is 54.6 Å². The van der Waals surface area contributed by atoms with Crippen LogP contribution in [0.25, 0.3) is 21.6 Å². The molecular weight excluding hydrogens is 226 g/mol. The third-order valence-corrected chi connectivity index (χ3v) is 2.77. The lowest BCUT2D eigenvalue weighted by Crippen LogP contribution is -2.02. The summed E-state index contributed by atoms with van der Waals surface area (Å²) in [4.78, 5) is 2.78. The van der Waals surface area contributed by atoms with Gasteiger partial charge in [-0.3, -0.25) is 0 Å². The SMILES string of the molecule is [N-]=[N+]=NC(CO)c1ccccc1-c1ccccc1. The Morgan fingerprint density at radius 1 is 1.06 bits per heavy atom. The molecule has 2 aromatic rings. The Kier molecular flexibility index (Phi) is 3.97. The van der Waals surface area contributed by atoms with E-state index in [0.717, 1.165) is 16.7 Å². The average molecular weight is 239 g/mol. The second-order valence-electron chi connectivity index (χ2n) is 3.86. The Bertz CT molecular complexity index is 562. The molecule has 4 heteroatoms. The summed E-state index contributed by atoms with van der Waals surface area (Å²) in [6, 6.07) is 16.9. The van der Waals surface area contributed by atoms with E-state index < -0.39 is 6.04 Å². The fourth-order valence-corrected chi connectivity index (χ4v) is 1.93. The molecule has 0 aromatic heterocycles. The van der Waals surface area contributed by atoms with Crippen molar-refractivity contribution in [3.05, 3.63) is 70.6 Å². The fourth-order valence-electron chi connectivity index (χ4n) is 1.93. The molecule has 1 unspecified atom stereocenters. The lowest BCUT2D eigenvalue weighted by atomic mass is 9.95. The van der Waals surface area contributed by atoms with Gasteiger partial charge < -0.3 is 5.11 Å². The summed E-state index contributed by atoms with van der Waals surface area (Å²) in [5.74, 6) is 0. The molecule has 0 saturated carbocycles. The molecule has 0 bridgehead atoms. The standard InChI is InChI=1S/C14H13N3O/c15-17-16-14(10-18)13-9-5-4-8-12(13)11-6-2-1-3-7-11/h1-9,14,18H,10H2. The van der Waals surface area contributed by atoms with Crippen LogP contribution in [-0.2, 0) is 0 Å². The highest BCUT2D eigenvalue weighted by Gasteiger charge is 2.13. The van der Waals surface area contributed by atoms with Gasteiger partial charge in [-0.1, -0.05) is 59.7 Å². The molecule has 2 rings (SSSR count). The van der Waals surface area contributed by atoms with Crippen LogP contribution in [0.3, 0.4) is 0 Å². The van der Waals surface area contributed by atoms with Crippen LogP contribution in [0.1, 0.15) is 11.6 Å². The number of aliphatic hydroxyl groups excluding tert-OH is 1. The van der Waals surface area contributed by atoms with E-state index in [9.17, 15) is 5.11 Å². The van der Waals surface area contributed by atoms with E-state index in [4.69, 9.17) is 5.53 Å². The minimum absolute atomic E-state index is 0.200. The second kappa shape index (κ2) is 5.87. The smallest absolute Gasteiger partial charge is 0.0862 e. The molecule has 4 nitrogen and oxygen atoms in total. The first-order chi connectivity index (χ1) is 8.86. The van der Waals surface area contributed by atoms with Crippen molar-refractivity contribution >= 4 is 0 Å². The average Bonchev–Trinajstić information content (AvgIpc) is 2.46. The number of benzene rings is 2. The van der Waals surface area contributed by atoms with Gasteiger partial charge in [0.25, 0.3) is 0 Å². The van der Waals surface area contributed by atoms with Gasteiger partial charge in [-0.2, -0.15) is 0 Å². The molecule has 0 aliphatic heterocycles. The zero-order valence-electron chi connectivity index (χ0n) is 9.77. The van der Waals surface area contributed by atoms with Gasteiger partial charge in [0, 0.05) is 4.91 Å². The van der Waals surface area contributed by atoms with Crippen LogP contribution < -0.4 is 0 Å². The van der Waals surface area contributed by atoms with Crippen molar-refractivity contribution in [2.75, 3.05) is 6.61 Å². The van der Waals surface area contributed by atoms with Gasteiger partial charge in [-0.15, -0.1) is 0 Å². The van der Waals surface area contributed by atoms with Crippen molar-refractivity contribution in [1.82, 2.24) is 0 Å². The summed E-state index contributed by atoms with van der Waals surface area (Å²) in [5.41, 5.74) is 11.4. The van der Waals surface area contributed by atoms with Gasteiger partial charge in [-0.05, 0) is 22.2 Å². The van der Waals surface area contributed by atoms with Gasteiger partial charge in [0.2, 0.25) is 0 Å². The zero-order valence-corrected chi connectivity index (χ0v) is 9.77. The number of hydrogen-bond acceptors (Lipinski definition) is 2. The molecule has 0 heterocycles. The van der Waals surface area contributed by atoms with Crippen molar-refractivity contribution in [2.45, 2.75) is 6.04 Å². The maximum absolute atomic E-state index is 9.32. The molecule has 0 fully saturated rings. The predicted molar refractivity (Wildman–Crippen MR) is 70.9 cm³/mol. The highest BCUT2D eigenvalue weighted by atomic mass is 16.3. The molecule has 0 amide bonds. The summed E-state index contributed by atoms with van der Waals surface area (Å²) in [5, 5.41) is 12.9. The largest absolute Gasteiger partial charge is 0.396 e. The summed E-state index contributed by atoms with van der Waals surface area (Å²) >= 11 is 0. The van der Waals surface area contributed by atoms with E-state index in [1.54, 1.807) is 0 Å². The topological polar surface area (TPSA) is 69.0 Å². The summed E-state index contributed by atoms with van der Waals surface area (Å²) < 4.78 is 0. The Morgan fingerprint density at radius 3 is 2.39 bits per heavy atom. The number of nitrogens with zero attached hydrogens (tertiary/aromatic N) is 3. The molecule has 0 radical (unpaired) electrons. The van der Waals surface area contributed by atoms with Gasteiger partial charge in [0.15, 0.2) is 0 Å². The van der Waals surface area contributed by atoms with Crippen molar-refractivity contribution in [2.24, 2.45) is 5.11 Å². The van der Waals surface area contributed by atoms with E-state index in [2.05, 4.69) is 10.0 Å². The minimum atomic E-state index is -0.550. The van der Waals surface area contributed by atoms with Gasteiger partial charge in [0.1, 0.15) is 0 Å². The van der Waals surface area contributed by atoms with E-state index in [0.29, 0.717) is 0 Å². The normalized spacial score (nSPS) is 11.6. The van der Waals surface area contributed by atoms with Crippen LogP contribution >= 0.6 is 0 Å². The molecule has 0 aliphatic carbocycles. The van der Waals surface area contributed by atoms with Crippen molar-refractivity contribution in [1.29, 1.82) is 0 Å². The maximum atomic E-state index is 9.32. The molecule has 0 saturated heterocycles. The summed E-state index contributed by atoms with van der Waals surface area (Å²) in [7, 11) is 0. The first-order valence-electron chi connectivity index (χ1n) is 5.66. The van der Waals surface area contributed by atoms with Gasteiger partial charge >= 0.3 is 0 Å². The molecule has 0 aliphatic rings. The highest BCUT2D eigenvalue weighted by molar-refractivity contribution is 5.67. The fraction of sp³-hybridized carbons (Fsp3) is 0.143. The van der Waals surface area contributed by atoms with E-state index in [1.165, 1.54) is 0 Å². The van der Waals surface area contributed by atoms with Crippen LogP contribution in [0, 0.1) is 0 Å². The van der Waals surface area contributed by atoms with E-state index >= 15 is 0 Å². The van der Waals surface area contributed by atoms with Crippen LogP contribution in [0.5, 0.6) is 0 Å². The minimum Gasteiger partial charge on any atom is -0.396 e. The molecule has 1 atom stereocenters. The molecule has 90 valence electrons. The molecular formula is C14H13N3O. The van der Waals surface area contributed by atoms with Crippen LogP contribution in [-0.4, -0.2) is 11.7 Å². The van der Waals surface area contributed by atoms with Crippen LogP contribution in [0.4, 0.5) is 0 Å². The third-order valence-electron chi connectivity index (χ3n) is 2.77. The highest BCUT2D eigenvalue weighted by Crippen LogP contribution is 2.29. The molecule has 2 aromatic carbocycles. The third kappa shape index (κ3) is 2.51. The van der Waals surface area contributed by atoms with Crippen molar-refractivity contribution < 1.29 is 5.11 Å². The lowest BCUT2D eigenvalue weighted by molar-refractivity contribution is 0.268. The summed E-state index contributed by atoms with van der Waals surface area (Å²) in [6.45, 7) is -0.200. The Labute approximate surface area is 105 Å². The van der Waals surface area contributed by atoms with Gasteiger partial charge in [0.05, 0.1) is 12.6 Å². The number of azide groups is 1. The first kappa shape index (κ1) is 12.2. The predicted octanol–water partition coefficient (Wildman–Crippen LogP) is 3.70. The van der Waals surface area contributed by atoms with Gasteiger partial charge in [-0.25, -0.2) is 0 Å². The second-order valence-corrected chi connectivity index (χ2v) is 3.86. The van der Waals surface area contributed by atoms with Crippen LogP contribution in [0.15, 0.2) is 59.7 Å². The first-order valence-corrected chi connectivity index (χ1v) is 5.66. The molecule has 18 heavy (non-hydrogen) atoms. The number of hydrogen-bond donors (Lipinski definition) is 1. The van der Waals surface area contributed by atoms with Crippen molar-refractivity contribution in [3.8, 4) is 11.1 Å². The Balaban J connectivity index is 2.52.